The Hall–Kier alpha value is -0.0800. The molecule has 19 heavy (non-hydrogen) atoms. The smallest absolute Gasteiger partial charge is 0.157 e. The van der Waals surface area contributed by atoms with Gasteiger partial charge in [0, 0.05) is 5.41 Å². The molecule has 2 rings (SSSR count). The molecule has 0 unspecified atom stereocenters. The van der Waals surface area contributed by atoms with Crippen molar-refractivity contribution in [2.45, 2.75) is 78.4 Å². The molecule has 0 aromatic heterocycles. The minimum absolute atomic E-state index is 0.0714. The van der Waals surface area contributed by atoms with Crippen molar-refractivity contribution < 1.29 is 9.47 Å². The van der Waals surface area contributed by atoms with Crippen molar-refractivity contribution in [2.75, 3.05) is 13.2 Å². The summed E-state index contributed by atoms with van der Waals surface area (Å²) in [6.45, 7) is 8.81. The Morgan fingerprint density at radius 3 is 2.21 bits per heavy atom. The normalized spacial score (nSPS) is 40.3. The summed E-state index contributed by atoms with van der Waals surface area (Å²) in [5.74, 6) is 1.73. The minimum Gasteiger partial charge on any atom is -0.352 e. The predicted octanol–water partition coefficient (Wildman–Crippen LogP) is 4.77. The van der Waals surface area contributed by atoms with Gasteiger partial charge in [-0.05, 0) is 37.5 Å². The van der Waals surface area contributed by atoms with E-state index in [0.717, 1.165) is 31.5 Å². The second-order valence-corrected chi connectivity index (χ2v) is 7.16. The monoisotopic (exact) mass is 268 g/mol. The van der Waals surface area contributed by atoms with Crippen LogP contribution in [-0.4, -0.2) is 19.5 Å². The van der Waals surface area contributed by atoms with Crippen molar-refractivity contribution in [3.05, 3.63) is 0 Å². The van der Waals surface area contributed by atoms with Crippen LogP contribution < -0.4 is 0 Å². The molecule has 1 saturated carbocycles. The third-order valence-electron chi connectivity index (χ3n) is 5.24. The molecule has 1 aliphatic heterocycles. The number of hydrogen-bond donors (Lipinski definition) is 0. The molecule has 1 aliphatic carbocycles. The lowest BCUT2D eigenvalue weighted by atomic mass is 9.68. The minimum atomic E-state index is 0.0714. The highest BCUT2D eigenvalue weighted by Crippen LogP contribution is 2.42. The third kappa shape index (κ3) is 4.19. The van der Waals surface area contributed by atoms with E-state index in [-0.39, 0.29) is 11.7 Å². The predicted molar refractivity (Wildman–Crippen MR) is 79.1 cm³/mol. The van der Waals surface area contributed by atoms with Crippen LogP contribution in [0.1, 0.15) is 72.1 Å². The van der Waals surface area contributed by atoms with E-state index >= 15 is 0 Å². The molecular weight excluding hydrogens is 236 g/mol. The zero-order valence-electron chi connectivity index (χ0n) is 13.1. The van der Waals surface area contributed by atoms with Crippen LogP contribution in [0.25, 0.3) is 0 Å². The fourth-order valence-corrected chi connectivity index (χ4v) is 3.58. The van der Waals surface area contributed by atoms with Gasteiger partial charge in [0.2, 0.25) is 0 Å². The Kier molecular flexibility index (Phi) is 5.70. The molecule has 0 aromatic rings. The first-order valence-electron chi connectivity index (χ1n) is 8.37. The second kappa shape index (κ2) is 7.08. The molecule has 0 radical (unpaired) electrons. The SMILES string of the molecule is CCCCC[C@H]1OC[C@@](C)(C2CCC(C)CC2)CO1. The number of rotatable bonds is 5. The molecule has 2 aliphatic rings. The second-order valence-electron chi connectivity index (χ2n) is 7.16. The fourth-order valence-electron chi connectivity index (χ4n) is 3.58. The quantitative estimate of drug-likeness (QED) is 0.669. The van der Waals surface area contributed by atoms with Gasteiger partial charge in [0.15, 0.2) is 6.29 Å². The van der Waals surface area contributed by atoms with Crippen LogP contribution in [-0.2, 0) is 9.47 Å². The van der Waals surface area contributed by atoms with Crippen LogP contribution in [0.4, 0.5) is 0 Å². The van der Waals surface area contributed by atoms with Crippen LogP contribution in [0, 0.1) is 17.3 Å². The van der Waals surface area contributed by atoms with Gasteiger partial charge in [-0.15, -0.1) is 0 Å². The maximum absolute atomic E-state index is 6.00. The Labute approximate surface area is 119 Å². The van der Waals surface area contributed by atoms with Crippen LogP contribution in [0.2, 0.25) is 0 Å². The van der Waals surface area contributed by atoms with Crippen LogP contribution >= 0.6 is 0 Å². The average molecular weight is 268 g/mol. The Morgan fingerprint density at radius 1 is 1.00 bits per heavy atom. The molecule has 1 saturated heterocycles. The van der Waals surface area contributed by atoms with Gasteiger partial charge in [0.1, 0.15) is 0 Å². The van der Waals surface area contributed by atoms with Crippen molar-refractivity contribution in [1.29, 1.82) is 0 Å². The van der Waals surface area contributed by atoms with Crippen molar-refractivity contribution in [3.8, 4) is 0 Å². The number of ether oxygens (including phenoxy) is 2. The molecule has 0 spiro atoms. The average Bonchev–Trinajstić information content (AvgIpc) is 2.42. The van der Waals surface area contributed by atoms with Gasteiger partial charge < -0.3 is 9.47 Å². The molecule has 1 heterocycles. The van der Waals surface area contributed by atoms with Gasteiger partial charge in [-0.2, -0.15) is 0 Å². The summed E-state index contributed by atoms with van der Waals surface area (Å²) < 4.78 is 12.0. The summed E-state index contributed by atoms with van der Waals surface area (Å²) >= 11 is 0. The van der Waals surface area contributed by atoms with E-state index in [0.29, 0.717) is 0 Å². The summed E-state index contributed by atoms with van der Waals surface area (Å²) in [6.07, 6.45) is 10.5. The molecule has 0 bridgehead atoms. The van der Waals surface area contributed by atoms with Gasteiger partial charge in [-0.3, -0.25) is 0 Å². The number of hydrogen-bond acceptors (Lipinski definition) is 2. The van der Waals surface area contributed by atoms with E-state index in [1.807, 2.05) is 0 Å². The van der Waals surface area contributed by atoms with Gasteiger partial charge in [-0.25, -0.2) is 0 Å². The van der Waals surface area contributed by atoms with Crippen molar-refractivity contribution in [2.24, 2.45) is 17.3 Å². The lowest BCUT2D eigenvalue weighted by Gasteiger charge is -2.45. The molecule has 0 N–H and O–H groups in total. The van der Waals surface area contributed by atoms with Crippen molar-refractivity contribution in [3.63, 3.8) is 0 Å². The van der Waals surface area contributed by atoms with Gasteiger partial charge in [-0.1, -0.05) is 46.5 Å². The molecule has 0 atom stereocenters. The Morgan fingerprint density at radius 2 is 1.63 bits per heavy atom. The topological polar surface area (TPSA) is 18.5 Å². The van der Waals surface area contributed by atoms with E-state index < -0.39 is 0 Å². The molecule has 0 aromatic carbocycles. The standard InChI is InChI=1S/C17H32O2/c1-4-5-6-7-16-18-12-17(3,13-19-16)15-10-8-14(2)9-11-15/h14-16H,4-13H2,1-3H3/t14?,15?,16-,17+. The molecule has 2 nitrogen and oxygen atoms in total. The highest BCUT2D eigenvalue weighted by atomic mass is 16.7. The summed E-state index contributed by atoms with van der Waals surface area (Å²) in [6, 6.07) is 0. The summed E-state index contributed by atoms with van der Waals surface area (Å²) in [5, 5.41) is 0. The third-order valence-corrected chi connectivity index (χ3v) is 5.24. The van der Waals surface area contributed by atoms with E-state index in [9.17, 15) is 0 Å². The number of unbranched alkanes of at least 4 members (excludes halogenated alkanes) is 2. The Bertz CT molecular complexity index is 248. The van der Waals surface area contributed by atoms with Crippen LogP contribution in [0.5, 0.6) is 0 Å². The van der Waals surface area contributed by atoms with Gasteiger partial charge in [0.25, 0.3) is 0 Å². The van der Waals surface area contributed by atoms with Gasteiger partial charge in [0.05, 0.1) is 13.2 Å². The molecule has 2 heteroatoms. The zero-order valence-corrected chi connectivity index (χ0v) is 13.1. The van der Waals surface area contributed by atoms with E-state index in [2.05, 4.69) is 20.8 Å². The molecular formula is C17H32O2. The lowest BCUT2D eigenvalue weighted by Crippen LogP contribution is -2.45. The molecule has 112 valence electrons. The maximum Gasteiger partial charge on any atom is 0.157 e. The highest BCUT2D eigenvalue weighted by Gasteiger charge is 2.40. The van der Waals surface area contributed by atoms with Crippen molar-refractivity contribution >= 4 is 0 Å². The van der Waals surface area contributed by atoms with Gasteiger partial charge >= 0.3 is 0 Å². The first-order valence-corrected chi connectivity index (χ1v) is 8.37. The summed E-state index contributed by atoms with van der Waals surface area (Å²) in [7, 11) is 0. The summed E-state index contributed by atoms with van der Waals surface area (Å²) in [4.78, 5) is 0. The maximum atomic E-state index is 6.00. The van der Waals surface area contributed by atoms with Crippen LogP contribution in [0.3, 0.4) is 0 Å². The highest BCUT2D eigenvalue weighted by molar-refractivity contribution is 4.87. The fraction of sp³-hybridized carbons (Fsp3) is 1.00. The van der Waals surface area contributed by atoms with Crippen LogP contribution in [0.15, 0.2) is 0 Å². The largest absolute Gasteiger partial charge is 0.352 e. The van der Waals surface area contributed by atoms with E-state index in [4.69, 9.17) is 9.47 Å². The molecule has 0 amide bonds. The van der Waals surface area contributed by atoms with Crippen molar-refractivity contribution in [1.82, 2.24) is 0 Å². The first kappa shape index (κ1) is 15.3. The van der Waals surface area contributed by atoms with E-state index in [1.54, 1.807) is 0 Å². The lowest BCUT2D eigenvalue weighted by molar-refractivity contribution is -0.241. The molecule has 2 fully saturated rings. The summed E-state index contributed by atoms with van der Waals surface area (Å²) in [5.41, 5.74) is 0.265. The first-order chi connectivity index (χ1) is 9.14. The van der Waals surface area contributed by atoms with E-state index in [1.165, 1.54) is 44.9 Å². The zero-order chi connectivity index (χ0) is 13.7. The Balaban J connectivity index is 1.74.